The molecule has 2 rings (SSSR count). The van der Waals surface area contributed by atoms with Crippen LogP contribution in [0.3, 0.4) is 0 Å². The lowest BCUT2D eigenvalue weighted by Crippen LogP contribution is -2.57. The van der Waals surface area contributed by atoms with Crippen LogP contribution in [0, 0.1) is 11.3 Å². The van der Waals surface area contributed by atoms with Crippen LogP contribution < -0.4 is 0 Å². The van der Waals surface area contributed by atoms with Crippen LogP contribution >= 0.6 is 0 Å². The van der Waals surface area contributed by atoms with Crippen molar-refractivity contribution in [3.63, 3.8) is 0 Å². The molecule has 6 nitrogen and oxygen atoms in total. The number of rotatable bonds is 4. The number of carbonyl (C=O) groups excluding carboxylic acids is 1. The van der Waals surface area contributed by atoms with Gasteiger partial charge in [-0.15, -0.1) is 0 Å². The van der Waals surface area contributed by atoms with Crippen molar-refractivity contribution in [2.45, 2.75) is 17.4 Å². The Morgan fingerprint density at radius 1 is 1.56 bits per heavy atom. The second-order valence-corrected chi connectivity index (χ2v) is 6.42. The molecule has 18 heavy (non-hydrogen) atoms. The molecule has 0 atom stereocenters. The van der Waals surface area contributed by atoms with E-state index in [9.17, 15) is 13.2 Å². The summed E-state index contributed by atoms with van der Waals surface area (Å²) >= 11 is 0. The average Bonchev–Trinajstić information content (AvgIpc) is 2.66. The minimum absolute atomic E-state index is 0.148. The number of hydrogen-bond donors (Lipinski definition) is 0. The lowest BCUT2D eigenvalue weighted by atomic mass is 10.2. The molecule has 7 heteroatoms. The first kappa shape index (κ1) is 12.6. The summed E-state index contributed by atoms with van der Waals surface area (Å²) in [5.74, 6) is -0.0657. The molecule has 0 spiro atoms. The van der Waals surface area contributed by atoms with Crippen molar-refractivity contribution in [2.75, 3.05) is 13.1 Å². The molecule has 0 aliphatic carbocycles. The largest absolute Gasteiger partial charge is 0.468 e. The first-order chi connectivity index (χ1) is 8.53. The zero-order valence-electron chi connectivity index (χ0n) is 9.57. The Bertz CT molecular complexity index is 565. The fourth-order valence-electron chi connectivity index (χ4n) is 1.76. The highest BCUT2D eigenvalue weighted by atomic mass is 32.2. The number of carbonyl (C=O) groups is 1. The van der Waals surface area contributed by atoms with Gasteiger partial charge in [-0.3, -0.25) is 4.79 Å². The van der Waals surface area contributed by atoms with Crippen molar-refractivity contribution < 1.29 is 17.6 Å². The number of hydrogen-bond acceptors (Lipinski definition) is 5. The quantitative estimate of drug-likeness (QED) is 0.784. The molecular formula is C11H12N2O4S. The minimum atomic E-state index is -3.30. The van der Waals surface area contributed by atoms with Crippen LogP contribution in [-0.4, -0.2) is 37.6 Å². The van der Waals surface area contributed by atoms with Crippen LogP contribution in [0.1, 0.15) is 12.2 Å². The highest BCUT2D eigenvalue weighted by molar-refractivity contribution is 7.91. The Hall–Kier alpha value is -1.81. The lowest BCUT2D eigenvalue weighted by Gasteiger charge is -2.38. The predicted octanol–water partition coefficient (Wildman–Crippen LogP) is 0.319. The Kier molecular flexibility index (Phi) is 3.39. The second-order valence-electron chi connectivity index (χ2n) is 4.14. The van der Waals surface area contributed by atoms with Crippen molar-refractivity contribution >= 4 is 15.7 Å². The van der Waals surface area contributed by atoms with E-state index >= 15 is 0 Å². The van der Waals surface area contributed by atoms with E-state index in [1.54, 1.807) is 18.2 Å². The lowest BCUT2D eigenvalue weighted by molar-refractivity contribution is -0.133. The molecule has 1 aromatic heterocycles. The summed E-state index contributed by atoms with van der Waals surface area (Å²) in [6.45, 7) is 0.340. The molecule has 0 aromatic carbocycles. The SMILES string of the molecule is N#CCC(=O)N1CC(S(=O)(=O)Cc2ccco2)C1. The molecule has 0 N–H and O–H groups in total. The smallest absolute Gasteiger partial charge is 0.236 e. The maximum absolute atomic E-state index is 11.9. The van der Waals surface area contributed by atoms with Crippen molar-refractivity contribution in [3.05, 3.63) is 24.2 Å². The van der Waals surface area contributed by atoms with E-state index < -0.39 is 15.1 Å². The van der Waals surface area contributed by atoms with Gasteiger partial charge in [-0.2, -0.15) is 5.26 Å². The molecule has 0 unspecified atom stereocenters. The molecule has 2 heterocycles. The van der Waals surface area contributed by atoms with Gasteiger partial charge >= 0.3 is 0 Å². The number of amides is 1. The van der Waals surface area contributed by atoms with Gasteiger partial charge in [0.1, 0.15) is 17.9 Å². The summed E-state index contributed by atoms with van der Waals surface area (Å²) in [5.41, 5.74) is 0. The summed E-state index contributed by atoms with van der Waals surface area (Å²) in [7, 11) is -3.30. The molecule has 0 bridgehead atoms. The number of nitriles is 1. The summed E-state index contributed by atoms with van der Waals surface area (Å²) in [5, 5.41) is 7.82. The topological polar surface area (TPSA) is 91.4 Å². The van der Waals surface area contributed by atoms with E-state index in [0.29, 0.717) is 5.76 Å². The number of likely N-dealkylation sites (tertiary alicyclic amines) is 1. The molecule has 96 valence electrons. The molecule has 1 aromatic rings. The Morgan fingerprint density at radius 3 is 2.83 bits per heavy atom. The highest BCUT2D eigenvalue weighted by Crippen LogP contribution is 2.21. The van der Waals surface area contributed by atoms with Crippen LogP contribution in [0.25, 0.3) is 0 Å². The summed E-state index contributed by atoms with van der Waals surface area (Å²) in [4.78, 5) is 12.7. The third-order valence-corrected chi connectivity index (χ3v) is 4.86. The third-order valence-electron chi connectivity index (χ3n) is 2.86. The first-order valence-corrected chi connectivity index (χ1v) is 7.13. The van der Waals surface area contributed by atoms with E-state index in [-0.39, 0.29) is 31.2 Å². The molecule has 1 aliphatic rings. The van der Waals surface area contributed by atoms with Gasteiger partial charge in [0.05, 0.1) is 17.6 Å². The van der Waals surface area contributed by atoms with Crippen molar-refractivity contribution in [2.24, 2.45) is 0 Å². The first-order valence-electron chi connectivity index (χ1n) is 5.41. The fourth-order valence-corrected chi connectivity index (χ4v) is 3.37. The van der Waals surface area contributed by atoms with Crippen LogP contribution in [0.15, 0.2) is 22.8 Å². The number of nitrogens with zero attached hydrogens (tertiary/aromatic N) is 2. The second kappa shape index (κ2) is 4.82. The number of furan rings is 1. The molecule has 1 fully saturated rings. The van der Waals surface area contributed by atoms with E-state index in [1.807, 2.05) is 0 Å². The molecular weight excluding hydrogens is 256 g/mol. The van der Waals surface area contributed by atoms with Crippen molar-refractivity contribution in [3.8, 4) is 6.07 Å². The Morgan fingerprint density at radius 2 is 2.28 bits per heavy atom. The molecule has 0 radical (unpaired) electrons. The molecule has 1 aliphatic heterocycles. The summed E-state index contributed by atoms with van der Waals surface area (Å²) in [6, 6.07) is 4.99. The molecule has 1 saturated heterocycles. The summed E-state index contributed by atoms with van der Waals surface area (Å²) < 4.78 is 28.9. The van der Waals surface area contributed by atoms with Crippen molar-refractivity contribution in [1.29, 1.82) is 5.26 Å². The van der Waals surface area contributed by atoms with Crippen LogP contribution in [0.4, 0.5) is 0 Å². The van der Waals surface area contributed by atoms with Gasteiger partial charge < -0.3 is 9.32 Å². The maximum Gasteiger partial charge on any atom is 0.236 e. The van der Waals surface area contributed by atoms with Gasteiger partial charge in [0.15, 0.2) is 9.84 Å². The standard InChI is InChI=1S/C11H12N2O4S/c12-4-3-11(14)13-6-10(7-13)18(15,16)8-9-2-1-5-17-9/h1-2,5,10H,3,6-8H2. The van der Waals surface area contributed by atoms with Crippen LogP contribution in [0.2, 0.25) is 0 Å². The Labute approximate surface area is 105 Å². The molecule has 1 amide bonds. The zero-order chi connectivity index (χ0) is 13.2. The maximum atomic E-state index is 11.9. The monoisotopic (exact) mass is 268 g/mol. The number of sulfone groups is 1. The summed E-state index contributed by atoms with van der Waals surface area (Å²) in [6.07, 6.45) is 1.22. The van der Waals surface area contributed by atoms with Crippen LogP contribution in [-0.2, 0) is 20.4 Å². The van der Waals surface area contributed by atoms with Gasteiger partial charge in [0.25, 0.3) is 0 Å². The van der Waals surface area contributed by atoms with E-state index in [0.717, 1.165) is 0 Å². The van der Waals surface area contributed by atoms with E-state index in [4.69, 9.17) is 9.68 Å². The van der Waals surface area contributed by atoms with Crippen molar-refractivity contribution in [1.82, 2.24) is 4.90 Å². The average molecular weight is 268 g/mol. The van der Waals surface area contributed by atoms with E-state index in [2.05, 4.69) is 0 Å². The van der Waals surface area contributed by atoms with Gasteiger partial charge in [-0.25, -0.2) is 8.42 Å². The van der Waals surface area contributed by atoms with Gasteiger partial charge in [0.2, 0.25) is 5.91 Å². The third kappa shape index (κ3) is 2.54. The molecule has 0 saturated carbocycles. The highest BCUT2D eigenvalue weighted by Gasteiger charge is 2.39. The fraction of sp³-hybridized carbons (Fsp3) is 0.455. The minimum Gasteiger partial charge on any atom is -0.468 e. The zero-order valence-corrected chi connectivity index (χ0v) is 10.4. The normalized spacial score (nSPS) is 16.1. The Balaban J connectivity index is 1.91. The van der Waals surface area contributed by atoms with Gasteiger partial charge in [-0.05, 0) is 12.1 Å². The predicted molar refractivity (Wildman–Crippen MR) is 61.9 cm³/mol. The van der Waals surface area contributed by atoms with Gasteiger partial charge in [0, 0.05) is 13.1 Å². The van der Waals surface area contributed by atoms with E-state index in [1.165, 1.54) is 11.2 Å². The van der Waals surface area contributed by atoms with Gasteiger partial charge in [-0.1, -0.05) is 0 Å². The van der Waals surface area contributed by atoms with Crippen LogP contribution in [0.5, 0.6) is 0 Å².